The Hall–Kier alpha value is -4.53. The largest absolute Gasteiger partial charge is 0.437 e. The Morgan fingerprint density at radius 1 is 1.06 bits per heavy atom. The van der Waals surface area contributed by atoms with E-state index in [0.717, 1.165) is 16.7 Å². The van der Waals surface area contributed by atoms with E-state index in [2.05, 4.69) is 15.4 Å². The van der Waals surface area contributed by atoms with Crippen LogP contribution in [-0.2, 0) is 6.54 Å². The molecule has 0 bridgehead atoms. The van der Waals surface area contributed by atoms with E-state index in [1.54, 1.807) is 61.1 Å². The Labute approximate surface area is 202 Å². The SMILES string of the molecule is Cc1cccc(Oc2ncccc2NC(=O)c2ccc(Cn3nc(C)c([N+](=O)[O-])c3C)cc2)c1C. The van der Waals surface area contributed by atoms with Gasteiger partial charge >= 0.3 is 5.69 Å². The van der Waals surface area contributed by atoms with Crippen LogP contribution in [0.5, 0.6) is 11.6 Å². The molecule has 9 heteroatoms. The van der Waals surface area contributed by atoms with Crippen molar-refractivity contribution in [3.63, 3.8) is 0 Å². The maximum atomic E-state index is 12.9. The van der Waals surface area contributed by atoms with Crippen LogP contribution < -0.4 is 10.1 Å². The Morgan fingerprint density at radius 3 is 2.49 bits per heavy atom. The molecule has 9 nitrogen and oxygen atoms in total. The van der Waals surface area contributed by atoms with E-state index in [-0.39, 0.29) is 11.6 Å². The van der Waals surface area contributed by atoms with E-state index >= 15 is 0 Å². The Kier molecular flexibility index (Phi) is 6.59. The van der Waals surface area contributed by atoms with Gasteiger partial charge in [-0.1, -0.05) is 24.3 Å². The van der Waals surface area contributed by atoms with E-state index in [4.69, 9.17) is 4.74 Å². The molecule has 0 aliphatic heterocycles. The van der Waals surface area contributed by atoms with E-state index in [1.165, 1.54) is 0 Å². The van der Waals surface area contributed by atoms with Crippen LogP contribution in [0.25, 0.3) is 0 Å². The van der Waals surface area contributed by atoms with Gasteiger partial charge in [0.15, 0.2) is 0 Å². The average Bonchev–Trinajstić information content (AvgIpc) is 3.11. The lowest BCUT2D eigenvalue weighted by molar-refractivity contribution is -0.386. The molecule has 0 aliphatic carbocycles. The minimum atomic E-state index is -0.418. The van der Waals surface area contributed by atoms with Gasteiger partial charge in [0.2, 0.25) is 5.88 Å². The number of amides is 1. The number of ether oxygens (including phenoxy) is 1. The van der Waals surface area contributed by atoms with Gasteiger partial charge in [-0.25, -0.2) is 4.98 Å². The van der Waals surface area contributed by atoms with Crippen LogP contribution in [0.1, 0.15) is 38.4 Å². The molecule has 1 N–H and O–H groups in total. The first-order valence-electron chi connectivity index (χ1n) is 11.0. The molecule has 0 unspecified atom stereocenters. The zero-order valence-corrected chi connectivity index (χ0v) is 19.9. The van der Waals surface area contributed by atoms with Gasteiger partial charge in [0, 0.05) is 11.8 Å². The molecule has 2 aromatic carbocycles. The second kappa shape index (κ2) is 9.76. The number of benzene rings is 2. The Bertz CT molecular complexity index is 1410. The molecule has 35 heavy (non-hydrogen) atoms. The van der Waals surface area contributed by atoms with Crippen molar-refractivity contribution in [2.45, 2.75) is 34.2 Å². The fourth-order valence-electron chi connectivity index (χ4n) is 3.74. The van der Waals surface area contributed by atoms with Crippen molar-refractivity contribution >= 4 is 17.3 Å². The molecular formula is C26H25N5O4. The molecule has 4 aromatic rings. The highest BCUT2D eigenvalue weighted by Gasteiger charge is 2.21. The molecule has 2 aromatic heterocycles. The summed E-state index contributed by atoms with van der Waals surface area (Å²) in [6, 6.07) is 16.2. The molecule has 0 saturated heterocycles. The standard InChI is InChI=1S/C26H25N5O4/c1-16-7-5-9-23(17(16)2)35-26-22(8-6-14-27-26)28-25(32)21-12-10-20(11-13-21)15-30-19(4)24(31(33)34)18(3)29-30/h5-14H,15H2,1-4H3,(H,28,32). The van der Waals surface area contributed by atoms with Crippen molar-refractivity contribution in [1.82, 2.24) is 14.8 Å². The first-order valence-corrected chi connectivity index (χ1v) is 11.0. The fraction of sp³-hybridized carbons (Fsp3) is 0.192. The Morgan fingerprint density at radius 2 is 1.80 bits per heavy atom. The number of hydrogen-bond donors (Lipinski definition) is 1. The van der Waals surface area contributed by atoms with Crippen LogP contribution in [0.15, 0.2) is 60.8 Å². The number of nitrogens with zero attached hydrogens (tertiary/aromatic N) is 4. The van der Waals surface area contributed by atoms with Gasteiger partial charge in [-0.2, -0.15) is 5.10 Å². The summed E-state index contributed by atoms with van der Waals surface area (Å²) in [5.74, 6) is 0.669. The molecule has 0 fully saturated rings. The van der Waals surface area contributed by atoms with Gasteiger partial charge < -0.3 is 10.1 Å². The third-order valence-corrected chi connectivity index (χ3v) is 5.86. The molecule has 0 spiro atoms. The van der Waals surface area contributed by atoms with Crippen LogP contribution >= 0.6 is 0 Å². The fourth-order valence-corrected chi connectivity index (χ4v) is 3.74. The summed E-state index contributed by atoms with van der Waals surface area (Å²) in [7, 11) is 0. The molecule has 4 rings (SSSR count). The van der Waals surface area contributed by atoms with Gasteiger partial charge in [-0.05, 0) is 74.7 Å². The summed E-state index contributed by atoms with van der Waals surface area (Å²) in [5, 5.41) is 18.4. The summed E-state index contributed by atoms with van der Waals surface area (Å²) >= 11 is 0. The predicted molar refractivity (Wildman–Crippen MR) is 132 cm³/mol. The average molecular weight is 472 g/mol. The van der Waals surface area contributed by atoms with Crippen LogP contribution in [0.4, 0.5) is 11.4 Å². The third-order valence-electron chi connectivity index (χ3n) is 5.86. The van der Waals surface area contributed by atoms with E-state index < -0.39 is 4.92 Å². The molecule has 1 amide bonds. The maximum absolute atomic E-state index is 12.9. The zero-order valence-electron chi connectivity index (χ0n) is 19.9. The minimum absolute atomic E-state index is 0.0244. The monoisotopic (exact) mass is 471 g/mol. The second-order valence-corrected chi connectivity index (χ2v) is 8.24. The summed E-state index contributed by atoms with van der Waals surface area (Å²) < 4.78 is 7.59. The lowest BCUT2D eigenvalue weighted by Gasteiger charge is -2.13. The van der Waals surface area contributed by atoms with Crippen molar-refractivity contribution < 1.29 is 14.5 Å². The number of anilines is 1. The number of hydrogen-bond acceptors (Lipinski definition) is 6. The van der Waals surface area contributed by atoms with Gasteiger partial charge in [0.1, 0.15) is 22.8 Å². The van der Waals surface area contributed by atoms with Crippen molar-refractivity contribution in [3.05, 3.63) is 105 Å². The molecular weight excluding hydrogens is 446 g/mol. The van der Waals surface area contributed by atoms with E-state index in [0.29, 0.717) is 40.8 Å². The number of carbonyl (C=O) groups excluding carboxylic acids is 1. The number of aryl methyl sites for hydroxylation is 2. The van der Waals surface area contributed by atoms with E-state index in [1.807, 2.05) is 32.0 Å². The number of nitro groups is 1. The highest BCUT2D eigenvalue weighted by Crippen LogP contribution is 2.30. The van der Waals surface area contributed by atoms with E-state index in [9.17, 15) is 14.9 Å². The summed E-state index contributed by atoms with van der Waals surface area (Å²) in [6.45, 7) is 7.62. The Balaban J connectivity index is 1.48. The molecule has 0 atom stereocenters. The van der Waals surface area contributed by atoms with Gasteiger partial charge in [-0.3, -0.25) is 19.6 Å². The quantitative estimate of drug-likeness (QED) is 0.281. The summed E-state index contributed by atoms with van der Waals surface area (Å²) in [4.78, 5) is 28.0. The maximum Gasteiger partial charge on any atom is 0.312 e. The summed E-state index contributed by atoms with van der Waals surface area (Å²) in [5.41, 5.74) is 4.75. The summed E-state index contributed by atoms with van der Waals surface area (Å²) in [6.07, 6.45) is 1.61. The molecule has 178 valence electrons. The van der Waals surface area contributed by atoms with Crippen LogP contribution in [0.3, 0.4) is 0 Å². The van der Waals surface area contributed by atoms with Crippen molar-refractivity contribution in [2.24, 2.45) is 0 Å². The van der Waals surface area contributed by atoms with Gasteiger partial charge in [0.05, 0.1) is 11.5 Å². The first kappa shape index (κ1) is 23.6. The van der Waals surface area contributed by atoms with Crippen molar-refractivity contribution in [1.29, 1.82) is 0 Å². The number of nitrogens with one attached hydrogen (secondary N) is 1. The molecule has 2 heterocycles. The number of carbonyl (C=O) groups is 1. The first-order chi connectivity index (χ1) is 16.7. The molecule has 0 saturated carbocycles. The number of aromatic nitrogens is 3. The highest BCUT2D eigenvalue weighted by atomic mass is 16.6. The lowest BCUT2D eigenvalue weighted by atomic mass is 10.1. The van der Waals surface area contributed by atoms with Crippen LogP contribution in [0.2, 0.25) is 0 Å². The normalized spacial score (nSPS) is 10.7. The van der Waals surface area contributed by atoms with Gasteiger partial charge in [0.25, 0.3) is 5.91 Å². The minimum Gasteiger partial charge on any atom is -0.437 e. The van der Waals surface area contributed by atoms with Crippen LogP contribution in [0, 0.1) is 37.8 Å². The second-order valence-electron chi connectivity index (χ2n) is 8.24. The molecule has 0 aliphatic rings. The lowest BCUT2D eigenvalue weighted by Crippen LogP contribution is -2.13. The molecule has 0 radical (unpaired) electrons. The smallest absolute Gasteiger partial charge is 0.312 e. The van der Waals surface area contributed by atoms with Crippen LogP contribution in [-0.4, -0.2) is 25.6 Å². The van der Waals surface area contributed by atoms with Crippen molar-refractivity contribution in [2.75, 3.05) is 5.32 Å². The highest BCUT2D eigenvalue weighted by molar-refractivity contribution is 6.04. The predicted octanol–water partition coefficient (Wildman–Crippen LogP) is 5.51. The zero-order chi connectivity index (χ0) is 25.1. The number of rotatable bonds is 7. The topological polar surface area (TPSA) is 112 Å². The van der Waals surface area contributed by atoms with Crippen molar-refractivity contribution in [3.8, 4) is 11.6 Å². The third kappa shape index (κ3) is 5.03. The van der Waals surface area contributed by atoms with Gasteiger partial charge in [-0.15, -0.1) is 0 Å². The number of pyridine rings is 1.